The van der Waals surface area contributed by atoms with Crippen molar-refractivity contribution >= 4 is 62.6 Å². The fourth-order valence-corrected chi connectivity index (χ4v) is 4.21. The van der Waals surface area contributed by atoms with Gasteiger partial charge in [0.25, 0.3) is 11.8 Å². The van der Waals surface area contributed by atoms with Crippen molar-refractivity contribution in [2.45, 2.75) is 26.4 Å². The number of benzene rings is 3. The van der Waals surface area contributed by atoms with Crippen LogP contribution in [0.25, 0.3) is 0 Å². The van der Waals surface area contributed by atoms with Crippen molar-refractivity contribution in [1.29, 1.82) is 0 Å². The Labute approximate surface area is 270 Å². The summed E-state index contributed by atoms with van der Waals surface area (Å²) in [4.78, 5) is 42.3. The number of aliphatic imine (C=N–C) groups is 1. The number of hydroxylamine groups is 1. The summed E-state index contributed by atoms with van der Waals surface area (Å²) < 4.78 is 23.8. The Kier molecular flexibility index (Phi) is 11.0. The number of anilines is 3. The number of para-hydroxylation sites is 2. The Balaban J connectivity index is 1.33. The number of nitrogens with one attached hydrogen (secondary N) is 5. The van der Waals surface area contributed by atoms with E-state index >= 15 is 0 Å². The molecule has 0 aliphatic heterocycles. The van der Waals surface area contributed by atoms with E-state index in [4.69, 9.17) is 9.37 Å². The van der Waals surface area contributed by atoms with E-state index in [9.17, 15) is 24.0 Å². The molecule has 1 heterocycles. The number of carbonyl (C=O) groups excluding carboxylic acids is 3. The molecule has 0 radical (unpaired) electrons. The highest BCUT2D eigenvalue weighted by atomic mass is 79.9. The second-order valence-corrected chi connectivity index (χ2v) is 11.4. The number of rotatable bonds is 10. The van der Waals surface area contributed by atoms with Gasteiger partial charge in [0.15, 0.2) is 11.5 Å². The summed E-state index contributed by atoms with van der Waals surface area (Å²) in [6, 6.07) is 16.8. The van der Waals surface area contributed by atoms with Crippen molar-refractivity contribution in [1.82, 2.24) is 21.1 Å². The smallest absolute Gasteiger partial charge is 0.412 e. The second kappa shape index (κ2) is 15.1. The number of nitrogens with zero attached hydrogens (tertiary/aromatic N) is 3. The fraction of sp³-hybridized carbons (Fsp3) is 0.200. The van der Waals surface area contributed by atoms with Crippen LogP contribution < -0.4 is 26.7 Å². The molecule has 16 heteroatoms. The van der Waals surface area contributed by atoms with E-state index in [1.165, 1.54) is 24.3 Å². The monoisotopic (exact) mass is 696 g/mol. The third-order valence-corrected chi connectivity index (χ3v) is 6.47. The maximum absolute atomic E-state index is 13.5. The lowest BCUT2D eigenvalue weighted by Gasteiger charge is -2.20. The molecular weight excluding hydrogens is 667 g/mol. The zero-order valence-electron chi connectivity index (χ0n) is 24.9. The average molecular weight is 698 g/mol. The van der Waals surface area contributed by atoms with Crippen LogP contribution in [0.4, 0.5) is 32.1 Å². The Morgan fingerprint density at radius 1 is 0.935 bits per heavy atom. The summed E-state index contributed by atoms with van der Waals surface area (Å²) in [5.41, 5.74) is 2.70. The van der Waals surface area contributed by atoms with Crippen LogP contribution in [0.5, 0.6) is 0 Å². The lowest BCUT2D eigenvalue weighted by molar-refractivity contribution is 0.0635. The molecular formula is C30H30BrFN8O6. The van der Waals surface area contributed by atoms with Crippen LogP contribution in [0.1, 0.15) is 47.2 Å². The quantitative estimate of drug-likeness (QED) is 0.0536. The molecule has 0 atom stereocenters. The first-order valence-electron chi connectivity index (χ1n) is 13.7. The van der Waals surface area contributed by atoms with Gasteiger partial charge < -0.3 is 20.7 Å². The van der Waals surface area contributed by atoms with E-state index in [0.717, 1.165) is 0 Å². The van der Waals surface area contributed by atoms with Crippen molar-refractivity contribution in [2.75, 3.05) is 29.0 Å². The standard InChI is InChI=1S/C30H30BrFN8O6/c1-30(2,3)45-29(43)37-23-10-5-4-9-22(23)36-28(42)18-8-6-7-17(15-18)27(41)34-14-13-33-25-24(39-46-40-25)26(38-44)35-19-11-12-21(32)20(31)16-19/h4-12,15-16,44H,13-14H2,1-3H3,(H,33,40)(H,34,41)(H,35,38)(H,36,42)(H,37,43). The SMILES string of the molecule is CC(C)(C)OC(=O)Nc1ccccc1NC(=O)c1cccc(C(=O)NCCNc2nonc2C(=Nc2ccc(F)c(Br)c2)NO)c1. The topological polar surface area (TPSA) is 192 Å². The predicted octanol–water partition coefficient (Wildman–Crippen LogP) is 5.47. The van der Waals surface area contributed by atoms with Crippen molar-refractivity contribution in [2.24, 2.45) is 4.99 Å². The number of hydrogen-bond donors (Lipinski definition) is 6. The summed E-state index contributed by atoms with van der Waals surface area (Å²) in [6.45, 7) is 5.53. The Morgan fingerprint density at radius 3 is 2.30 bits per heavy atom. The zero-order chi connectivity index (χ0) is 33.3. The van der Waals surface area contributed by atoms with E-state index in [1.807, 2.05) is 5.48 Å². The highest BCUT2D eigenvalue weighted by molar-refractivity contribution is 9.10. The largest absolute Gasteiger partial charge is 0.444 e. The molecule has 6 N–H and O–H groups in total. The van der Waals surface area contributed by atoms with Gasteiger partial charge in [0, 0.05) is 24.2 Å². The molecule has 0 spiro atoms. The minimum Gasteiger partial charge on any atom is -0.444 e. The first-order valence-corrected chi connectivity index (χ1v) is 14.5. The Morgan fingerprint density at radius 2 is 1.63 bits per heavy atom. The van der Waals surface area contributed by atoms with Crippen LogP contribution in [0.15, 0.2) is 80.8 Å². The number of amides is 3. The normalized spacial score (nSPS) is 11.4. The molecule has 3 aromatic carbocycles. The third-order valence-electron chi connectivity index (χ3n) is 5.86. The molecule has 240 valence electrons. The van der Waals surface area contributed by atoms with Crippen LogP contribution >= 0.6 is 15.9 Å². The maximum atomic E-state index is 13.5. The molecule has 0 aliphatic rings. The van der Waals surface area contributed by atoms with Crippen LogP contribution in [0, 0.1) is 5.82 Å². The summed E-state index contributed by atoms with van der Waals surface area (Å²) >= 11 is 3.08. The molecule has 0 bridgehead atoms. The summed E-state index contributed by atoms with van der Waals surface area (Å²) in [7, 11) is 0. The van der Waals surface area contributed by atoms with Gasteiger partial charge >= 0.3 is 6.09 Å². The third kappa shape index (κ3) is 9.33. The van der Waals surface area contributed by atoms with Gasteiger partial charge in [0.1, 0.15) is 11.4 Å². The second-order valence-electron chi connectivity index (χ2n) is 10.5. The number of halogens is 2. The molecule has 0 aliphatic carbocycles. The number of hydrogen-bond acceptors (Lipinski definition) is 10. The fourth-order valence-electron chi connectivity index (χ4n) is 3.84. The van der Waals surface area contributed by atoms with Gasteiger partial charge in [-0.05, 0) is 95.5 Å². The number of aromatic nitrogens is 2. The number of ether oxygens (including phenoxy) is 1. The first-order chi connectivity index (χ1) is 21.9. The first kappa shape index (κ1) is 33.5. The van der Waals surface area contributed by atoms with Crippen LogP contribution in [-0.2, 0) is 4.74 Å². The molecule has 1 aromatic heterocycles. The molecule has 4 rings (SSSR count). The summed E-state index contributed by atoms with van der Waals surface area (Å²) in [5.74, 6) is -1.41. The van der Waals surface area contributed by atoms with E-state index in [-0.39, 0.29) is 46.0 Å². The molecule has 0 unspecified atom stereocenters. The maximum Gasteiger partial charge on any atom is 0.412 e. The van der Waals surface area contributed by atoms with Crippen LogP contribution in [0.3, 0.4) is 0 Å². The van der Waals surface area contributed by atoms with Crippen LogP contribution in [-0.4, -0.2) is 58.0 Å². The van der Waals surface area contributed by atoms with Gasteiger partial charge in [-0.2, -0.15) is 0 Å². The van der Waals surface area contributed by atoms with Crippen molar-refractivity contribution in [3.05, 3.63) is 93.8 Å². The Hall–Kier alpha value is -5.35. The number of amidine groups is 1. The van der Waals surface area contributed by atoms with Gasteiger partial charge in [-0.25, -0.2) is 18.8 Å². The summed E-state index contributed by atoms with van der Waals surface area (Å²) in [5, 5.41) is 28.1. The Bertz CT molecular complexity index is 1760. The minimum absolute atomic E-state index is 0.0378. The zero-order valence-corrected chi connectivity index (χ0v) is 26.4. The lowest BCUT2D eigenvalue weighted by Crippen LogP contribution is -2.29. The van der Waals surface area contributed by atoms with E-state index in [0.29, 0.717) is 17.1 Å². The molecule has 0 saturated heterocycles. The predicted molar refractivity (Wildman–Crippen MR) is 171 cm³/mol. The van der Waals surface area contributed by atoms with Gasteiger partial charge in [0.05, 0.1) is 21.5 Å². The minimum atomic E-state index is -0.699. The average Bonchev–Trinajstić information content (AvgIpc) is 3.48. The van der Waals surface area contributed by atoms with Crippen molar-refractivity contribution < 1.29 is 33.3 Å². The van der Waals surface area contributed by atoms with Crippen LogP contribution in [0.2, 0.25) is 0 Å². The van der Waals surface area contributed by atoms with Gasteiger partial charge in [-0.1, -0.05) is 18.2 Å². The molecule has 0 fully saturated rings. The molecule has 0 saturated carbocycles. The van der Waals surface area contributed by atoms with Crippen molar-refractivity contribution in [3.63, 3.8) is 0 Å². The van der Waals surface area contributed by atoms with E-state index < -0.39 is 29.3 Å². The van der Waals surface area contributed by atoms with Crippen molar-refractivity contribution in [3.8, 4) is 0 Å². The molecule has 3 amide bonds. The number of carbonyl (C=O) groups is 3. The lowest BCUT2D eigenvalue weighted by atomic mass is 10.1. The van der Waals surface area contributed by atoms with Gasteiger partial charge in [0.2, 0.25) is 5.82 Å². The van der Waals surface area contributed by atoms with Gasteiger partial charge in [-0.3, -0.25) is 25.6 Å². The molecule has 46 heavy (non-hydrogen) atoms. The van der Waals surface area contributed by atoms with Gasteiger partial charge in [-0.15, -0.1) is 0 Å². The molecule has 14 nitrogen and oxygen atoms in total. The molecule has 4 aromatic rings. The van der Waals surface area contributed by atoms with E-state index in [2.05, 4.69) is 52.5 Å². The van der Waals surface area contributed by atoms with E-state index in [1.54, 1.807) is 63.2 Å². The highest BCUT2D eigenvalue weighted by Gasteiger charge is 2.19. The highest BCUT2D eigenvalue weighted by Crippen LogP contribution is 2.24. The summed E-state index contributed by atoms with van der Waals surface area (Å²) in [6.07, 6.45) is -0.671.